The molecule has 0 saturated carbocycles. The quantitative estimate of drug-likeness (QED) is 0.807. The molecule has 0 aliphatic rings. The lowest BCUT2D eigenvalue weighted by Gasteiger charge is -2.10. The molecule has 1 aromatic rings. The number of anilines is 1. The van der Waals surface area contributed by atoms with Crippen molar-refractivity contribution in [2.24, 2.45) is 0 Å². The highest BCUT2D eigenvalue weighted by Gasteiger charge is 2.19. The van der Waals surface area contributed by atoms with Crippen molar-refractivity contribution in [1.82, 2.24) is 10.3 Å². The number of ether oxygens (including phenoxy) is 1. The molecule has 0 fully saturated rings. The first-order valence-electron chi connectivity index (χ1n) is 4.72. The number of likely N-dealkylation sites (N-methyl/N-ethyl adjacent to an activating group) is 1. The van der Waals surface area contributed by atoms with Crippen molar-refractivity contribution in [2.45, 2.75) is 13.0 Å². The minimum Gasteiger partial charge on any atom is -0.465 e. The van der Waals surface area contributed by atoms with E-state index in [-0.39, 0.29) is 15.9 Å². The van der Waals surface area contributed by atoms with Gasteiger partial charge in [0.05, 0.1) is 7.11 Å². The fourth-order valence-electron chi connectivity index (χ4n) is 1.05. The Morgan fingerprint density at radius 2 is 2.18 bits per heavy atom. The molecule has 94 valence electrons. The maximum atomic E-state index is 11.3. The average molecular weight is 278 g/mol. The normalized spacial score (nSPS) is 11.8. The first kappa shape index (κ1) is 13.7. The van der Waals surface area contributed by atoms with Crippen LogP contribution in [0.2, 0.25) is 5.15 Å². The predicted octanol–water partition coefficient (Wildman–Crippen LogP) is 1.13. The zero-order chi connectivity index (χ0) is 13.0. The summed E-state index contributed by atoms with van der Waals surface area (Å²) in [6.45, 7) is 1.67. The third-order valence-electron chi connectivity index (χ3n) is 1.94. The average Bonchev–Trinajstić information content (AvgIpc) is 2.67. The Morgan fingerprint density at radius 3 is 2.71 bits per heavy atom. The lowest BCUT2D eigenvalue weighted by Crippen LogP contribution is -2.35. The number of hydrogen-bond donors (Lipinski definition) is 2. The molecule has 8 heteroatoms. The molecule has 2 N–H and O–H groups in total. The number of halogens is 1. The smallest absolute Gasteiger partial charge is 0.351 e. The molecule has 0 aromatic carbocycles. The van der Waals surface area contributed by atoms with E-state index in [4.69, 9.17) is 11.6 Å². The molecule has 0 bridgehead atoms. The van der Waals surface area contributed by atoms with Crippen LogP contribution in [-0.2, 0) is 9.53 Å². The van der Waals surface area contributed by atoms with Crippen LogP contribution in [0.15, 0.2) is 0 Å². The van der Waals surface area contributed by atoms with Gasteiger partial charge in [-0.25, -0.2) is 9.78 Å². The summed E-state index contributed by atoms with van der Waals surface area (Å²) in [5.41, 5.74) is 0. The minimum atomic E-state index is -0.548. The molecule has 0 radical (unpaired) electrons. The number of thiazole rings is 1. The molecule has 1 rings (SSSR count). The van der Waals surface area contributed by atoms with Crippen LogP contribution in [0.3, 0.4) is 0 Å². The summed E-state index contributed by atoms with van der Waals surface area (Å²) in [5.74, 6) is -0.732. The predicted molar refractivity (Wildman–Crippen MR) is 65.6 cm³/mol. The van der Waals surface area contributed by atoms with Crippen LogP contribution in [-0.4, -0.2) is 37.1 Å². The molecule has 17 heavy (non-hydrogen) atoms. The van der Waals surface area contributed by atoms with Gasteiger partial charge in [-0.1, -0.05) is 22.9 Å². The summed E-state index contributed by atoms with van der Waals surface area (Å²) >= 11 is 6.81. The lowest BCUT2D eigenvalue weighted by molar-refractivity contribution is -0.121. The Balaban J connectivity index is 2.80. The first-order valence-corrected chi connectivity index (χ1v) is 5.91. The Kier molecular flexibility index (Phi) is 4.71. The molecule has 1 heterocycles. The van der Waals surface area contributed by atoms with E-state index in [1.165, 1.54) is 14.2 Å². The van der Waals surface area contributed by atoms with Gasteiger partial charge in [0.15, 0.2) is 15.2 Å². The van der Waals surface area contributed by atoms with Crippen molar-refractivity contribution in [1.29, 1.82) is 0 Å². The van der Waals surface area contributed by atoms with Crippen molar-refractivity contribution in [3.05, 3.63) is 10.0 Å². The Labute approximate surface area is 107 Å². The van der Waals surface area contributed by atoms with Crippen LogP contribution in [0.1, 0.15) is 16.6 Å². The van der Waals surface area contributed by atoms with Crippen LogP contribution in [0, 0.1) is 0 Å². The van der Waals surface area contributed by atoms with Crippen molar-refractivity contribution in [3.63, 3.8) is 0 Å². The molecule has 6 nitrogen and oxygen atoms in total. The fourth-order valence-corrected chi connectivity index (χ4v) is 2.24. The number of aromatic nitrogens is 1. The number of nitrogens with zero attached hydrogens (tertiary/aromatic N) is 1. The van der Waals surface area contributed by atoms with Gasteiger partial charge in [-0.3, -0.25) is 4.79 Å². The van der Waals surface area contributed by atoms with Crippen molar-refractivity contribution in [3.8, 4) is 0 Å². The Hall–Kier alpha value is -1.34. The minimum absolute atomic E-state index is 0.0634. The molecule has 1 amide bonds. The summed E-state index contributed by atoms with van der Waals surface area (Å²) in [5, 5.41) is 5.79. The summed E-state index contributed by atoms with van der Waals surface area (Å²) in [4.78, 5) is 26.7. The molecule has 1 atom stereocenters. The standard InChI is InChI=1S/C9H12ClN3O3S/c1-4(7(14)11-2)12-9-13-6(10)5(17-9)8(15)16-3/h4H,1-3H3,(H,11,14)(H,12,13). The van der Waals surface area contributed by atoms with Crippen molar-refractivity contribution in [2.75, 3.05) is 19.5 Å². The number of amides is 1. The van der Waals surface area contributed by atoms with Crippen LogP contribution >= 0.6 is 22.9 Å². The highest BCUT2D eigenvalue weighted by Crippen LogP contribution is 2.27. The van der Waals surface area contributed by atoms with Crippen molar-refractivity contribution >= 4 is 39.9 Å². The van der Waals surface area contributed by atoms with Gasteiger partial charge >= 0.3 is 5.97 Å². The van der Waals surface area contributed by atoms with E-state index in [1.807, 2.05) is 0 Å². The number of carbonyl (C=O) groups excluding carboxylic acids is 2. The van der Waals surface area contributed by atoms with Gasteiger partial charge in [0, 0.05) is 7.05 Å². The molecule has 0 aliphatic carbocycles. The van der Waals surface area contributed by atoms with E-state index >= 15 is 0 Å². The van der Waals surface area contributed by atoms with E-state index in [0.29, 0.717) is 5.13 Å². The van der Waals surface area contributed by atoms with E-state index in [2.05, 4.69) is 20.4 Å². The van der Waals surface area contributed by atoms with E-state index in [0.717, 1.165) is 11.3 Å². The van der Waals surface area contributed by atoms with Crippen LogP contribution in [0.25, 0.3) is 0 Å². The lowest BCUT2D eigenvalue weighted by atomic mass is 10.3. The third kappa shape index (κ3) is 3.31. The second kappa shape index (κ2) is 5.83. The number of esters is 1. The second-order valence-corrected chi connectivity index (χ2v) is 4.47. The van der Waals surface area contributed by atoms with Gasteiger partial charge in [0.1, 0.15) is 6.04 Å². The summed E-state index contributed by atoms with van der Waals surface area (Å²) < 4.78 is 4.54. The summed E-state index contributed by atoms with van der Waals surface area (Å²) in [6, 6.07) is -0.465. The molecule has 0 aliphatic heterocycles. The summed E-state index contributed by atoms with van der Waals surface area (Å²) in [6.07, 6.45) is 0. The van der Waals surface area contributed by atoms with Gasteiger partial charge in [-0.15, -0.1) is 0 Å². The zero-order valence-corrected chi connectivity index (χ0v) is 11.1. The molecule has 1 unspecified atom stereocenters. The first-order chi connectivity index (χ1) is 7.99. The largest absolute Gasteiger partial charge is 0.465 e. The monoisotopic (exact) mass is 277 g/mol. The zero-order valence-electron chi connectivity index (χ0n) is 9.54. The van der Waals surface area contributed by atoms with Crippen molar-refractivity contribution < 1.29 is 14.3 Å². The Morgan fingerprint density at radius 1 is 1.53 bits per heavy atom. The fraction of sp³-hybridized carbons (Fsp3) is 0.444. The van der Waals surface area contributed by atoms with Gasteiger partial charge in [-0.05, 0) is 6.92 Å². The van der Waals surface area contributed by atoms with E-state index in [9.17, 15) is 9.59 Å². The maximum absolute atomic E-state index is 11.3. The SMILES string of the molecule is CNC(=O)C(C)Nc1nc(Cl)c(C(=O)OC)s1. The van der Waals surface area contributed by atoms with Gasteiger partial charge in [0.2, 0.25) is 5.91 Å². The number of carbonyl (C=O) groups is 2. The molecular weight excluding hydrogens is 266 g/mol. The topological polar surface area (TPSA) is 80.3 Å². The molecule has 1 aromatic heterocycles. The van der Waals surface area contributed by atoms with Crippen LogP contribution < -0.4 is 10.6 Å². The molecular formula is C9H12ClN3O3S. The molecule has 0 saturated heterocycles. The number of methoxy groups -OCH3 is 1. The van der Waals surface area contributed by atoms with Gasteiger partial charge < -0.3 is 15.4 Å². The second-order valence-electron chi connectivity index (χ2n) is 3.11. The summed E-state index contributed by atoms with van der Waals surface area (Å²) in [7, 11) is 2.80. The number of nitrogens with one attached hydrogen (secondary N) is 2. The third-order valence-corrected chi connectivity index (χ3v) is 3.29. The van der Waals surface area contributed by atoms with Gasteiger partial charge in [-0.2, -0.15) is 0 Å². The van der Waals surface area contributed by atoms with E-state index in [1.54, 1.807) is 6.92 Å². The molecule has 0 spiro atoms. The number of rotatable bonds is 4. The highest BCUT2D eigenvalue weighted by atomic mass is 35.5. The highest BCUT2D eigenvalue weighted by molar-refractivity contribution is 7.18. The van der Waals surface area contributed by atoms with Gasteiger partial charge in [0.25, 0.3) is 0 Å². The maximum Gasteiger partial charge on any atom is 0.351 e. The van der Waals surface area contributed by atoms with Crippen LogP contribution in [0.4, 0.5) is 5.13 Å². The van der Waals surface area contributed by atoms with Crippen LogP contribution in [0.5, 0.6) is 0 Å². The Bertz CT molecular complexity index is 435. The number of hydrogen-bond acceptors (Lipinski definition) is 6. The van der Waals surface area contributed by atoms with E-state index < -0.39 is 12.0 Å².